The van der Waals surface area contributed by atoms with Gasteiger partial charge in [0.25, 0.3) is 11.8 Å². The third kappa shape index (κ3) is 3.59. The molecule has 3 aromatic rings. The van der Waals surface area contributed by atoms with Crippen LogP contribution >= 0.6 is 0 Å². The Morgan fingerprint density at radius 3 is 2.68 bits per heavy atom. The number of aromatic nitrogens is 2. The van der Waals surface area contributed by atoms with Crippen LogP contribution < -0.4 is 10.2 Å². The van der Waals surface area contributed by atoms with E-state index in [2.05, 4.69) is 15.3 Å². The topological polar surface area (TPSA) is 75.2 Å². The molecule has 1 aromatic heterocycles. The van der Waals surface area contributed by atoms with Gasteiger partial charge in [0, 0.05) is 36.7 Å². The average molecular weight is 376 g/mol. The summed E-state index contributed by atoms with van der Waals surface area (Å²) in [5.74, 6) is -0.810. The van der Waals surface area contributed by atoms with E-state index in [1.807, 2.05) is 18.2 Å². The molecule has 1 aliphatic rings. The Labute approximate surface area is 161 Å². The molecule has 0 saturated carbocycles. The zero-order chi connectivity index (χ0) is 19.5. The van der Waals surface area contributed by atoms with Crippen LogP contribution in [-0.4, -0.2) is 28.3 Å². The van der Waals surface area contributed by atoms with E-state index in [4.69, 9.17) is 0 Å². The summed E-state index contributed by atoms with van der Waals surface area (Å²) < 4.78 is 13.1. The fraction of sp³-hybridized carbons (Fsp3) is 0.143. The Morgan fingerprint density at radius 1 is 1.11 bits per heavy atom. The number of carbonyl (C=O) groups is 2. The molecule has 140 valence electrons. The number of benzene rings is 2. The lowest BCUT2D eigenvalue weighted by Gasteiger charge is -2.17. The lowest BCUT2D eigenvalue weighted by atomic mass is 10.1. The van der Waals surface area contributed by atoms with E-state index in [1.165, 1.54) is 42.9 Å². The van der Waals surface area contributed by atoms with Gasteiger partial charge in [0.1, 0.15) is 11.5 Å². The van der Waals surface area contributed by atoms with Gasteiger partial charge in [-0.25, -0.2) is 9.37 Å². The van der Waals surface area contributed by atoms with Crippen LogP contribution in [0.5, 0.6) is 0 Å². The Bertz CT molecular complexity index is 1020. The number of hydrogen-bond acceptors (Lipinski definition) is 4. The second-order valence-corrected chi connectivity index (χ2v) is 6.45. The predicted molar refractivity (Wildman–Crippen MR) is 101 cm³/mol. The Hall–Kier alpha value is -3.61. The highest BCUT2D eigenvalue weighted by Gasteiger charge is 2.25. The molecule has 0 aliphatic carbocycles. The van der Waals surface area contributed by atoms with Gasteiger partial charge < -0.3 is 10.2 Å². The summed E-state index contributed by atoms with van der Waals surface area (Å²) in [5, 5.41) is 2.81. The molecular formula is C21H17FN4O2. The normalized spacial score (nSPS) is 12.5. The summed E-state index contributed by atoms with van der Waals surface area (Å²) in [6.45, 7) is 0.926. The lowest BCUT2D eigenvalue weighted by Crippen LogP contribution is -2.28. The van der Waals surface area contributed by atoms with Crippen LogP contribution in [0.3, 0.4) is 0 Å². The van der Waals surface area contributed by atoms with Crippen LogP contribution in [0.2, 0.25) is 0 Å². The van der Waals surface area contributed by atoms with Crippen molar-refractivity contribution in [3.63, 3.8) is 0 Å². The van der Waals surface area contributed by atoms with Crippen LogP contribution in [0.4, 0.5) is 10.1 Å². The molecule has 6 nitrogen and oxygen atoms in total. The minimum absolute atomic E-state index is 0.151. The van der Waals surface area contributed by atoms with E-state index >= 15 is 0 Å². The molecule has 0 radical (unpaired) electrons. The summed E-state index contributed by atoms with van der Waals surface area (Å²) in [5.41, 5.74) is 3.54. The van der Waals surface area contributed by atoms with E-state index < -0.39 is 0 Å². The number of anilines is 1. The molecule has 0 fully saturated rings. The third-order valence-electron chi connectivity index (χ3n) is 4.62. The van der Waals surface area contributed by atoms with E-state index in [-0.39, 0.29) is 23.3 Å². The number of fused-ring (bicyclic) bond motifs is 1. The van der Waals surface area contributed by atoms with Crippen molar-refractivity contribution in [2.24, 2.45) is 0 Å². The minimum atomic E-state index is -0.369. The maximum Gasteiger partial charge on any atom is 0.271 e. The molecule has 7 heteroatoms. The van der Waals surface area contributed by atoms with Gasteiger partial charge in [-0.15, -0.1) is 0 Å². The van der Waals surface area contributed by atoms with Gasteiger partial charge in [-0.1, -0.05) is 12.1 Å². The number of hydrogen-bond donors (Lipinski definition) is 1. The van der Waals surface area contributed by atoms with Crippen LogP contribution in [0.1, 0.15) is 32.0 Å². The standard InChI is InChI=1S/C21H17FN4O2/c22-17-4-2-15(3-5-17)21(28)26-10-7-16-11-14(1-6-19(16)26)12-25-20(27)18-13-23-8-9-24-18/h1-6,8-9,11,13H,7,10,12H2,(H,25,27). The molecule has 1 N–H and O–H groups in total. The van der Waals surface area contributed by atoms with Crippen molar-refractivity contribution in [2.75, 3.05) is 11.4 Å². The second kappa shape index (κ2) is 7.56. The van der Waals surface area contributed by atoms with Gasteiger partial charge in [-0.3, -0.25) is 14.6 Å². The Kier molecular flexibility index (Phi) is 4.80. The van der Waals surface area contributed by atoms with Crippen molar-refractivity contribution in [2.45, 2.75) is 13.0 Å². The first-order valence-corrected chi connectivity index (χ1v) is 8.85. The van der Waals surface area contributed by atoms with Gasteiger partial charge in [-0.05, 0) is 47.9 Å². The molecule has 28 heavy (non-hydrogen) atoms. The number of rotatable bonds is 4. The molecule has 0 spiro atoms. The smallest absolute Gasteiger partial charge is 0.271 e. The minimum Gasteiger partial charge on any atom is -0.347 e. The van der Waals surface area contributed by atoms with Crippen molar-refractivity contribution in [3.8, 4) is 0 Å². The molecule has 2 aromatic carbocycles. The van der Waals surface area contributed by atoms with Crippen molar-refractivity contribution in [3.05, 3.63) is 89.3 Å². The zero-order valence-electron chi connectivity index (χ0n) is 14.9. The van der Waals surface area contributed by atoms with Gasteiger partial charge >= 0.3 is 0 Å². The van der Waals surface area contributed by atoms with Gasteiger partial charge in [0.05, 0.1) is 6.20 Å². The fourth-order valence-corrected chi connectivity index (χ4v) is 3.21. The summed E-state index contributed by atoms with van der Waals surface area (Å²) >= 11 is 0. The van der Waals surface area contributed by atoms with Crippen molar-refractivity contribution >= 4 is 17.5 Å². The first-order valence-electron chi connectivity index (χ1n) is 8.85. The van der Waals surface area contributed by atoms with Gasteiger partial charge in [0.15, 0.2) is 0 Å². The summed E-state index contributed by atoms with van der Waals surface area (Å²) in [6, 6.07) is 11.3. The summed E-state index contributed by atoms with van der Waals surface area (Å²) in [7, 11) is 0. The van der Waals surface area contributed by atoms with Crippen LogP contribution in [0, 0.1) is 5.82 Å². The van der Waals surface area contributed by atoms with Crippen molar-refractivity contribution in [1.82, 2.24) is 15.3 Å². The molecule has 2 heterocycles. The average Bonchev–Trinajstić information content (AvgIpc) is 3.16. The van der Waals surface area contributed by atoms with Crippen LogP contribution in [0.25, 0.3) is 0 Å². The molecule has 0 unspecified atom stereocenters. The maximum absolute atomic E-state index is 13.1. The first-order chi connectivity index (χ1) is 13.6. The van der Waals surface area contributed by atoms with E-state index in [0.29, 0.717) is 18.7 Å². The number of nitrogens with one attached hydrogen (secondary N) is 1. The monoisotopic (exact) mass is 376 g/mol. The predicted octanol–water partition coefficient (Wildman–Crippen LogP) is 2.75. The van der Waals surface area contributed by atoms with E-state index in [9.17, 15) is 14.0 Å². The van der Waals surface area contributed by atoms with Crippen molar-refractivity contribution < 1.29 is 14.0 Å². The van der Waals surface area contributed by atoms with Crippen LogP contribution in [-0.2, 0) is 13.0 Å². The number of nitrogens with zero attached hydrogens (tertiary/aromatic N) is 3. The Morgan fingerprint density at radius 2 is 1.93 bits per heavy atom. The van der Waals surface area contributed by atoms with Crippen molar-refractivity contribution in [1.29, 1.82) is 0 Å². The number of amides is 2. The molecule has 0 atom stereocenters. The highest BCUT2D eigenvalue weighted by molar-refractivity contribution is 6.07. The highest BCUT2D eigenvalue weighted by Crippen LogP contribution is 2.30. The molecular weight excluding hydrogens is 359 g/mol. The summed E-state index contributed by atoms with van der Waals surface area (Å²) in [4.78, 5) is 34.3. The molecule has 0 bridgehead atoms. The number of carbonyl (C=O) groups excluding carboxylic acids is 2. The molecule has 1 aliphatic heterocycles. The first kappa shape index (κ1) is 17.8. The summed E-state index contributed by atoms with van der Waals surface area (Å²) in [6.07, 6.45) is 5.12. The van der Waals surface area contributed by atoms with E-state index in [1.54, 1.807) is 4.90 Å². The Balaban J connectivity index is 1.45. The number of halogens is 1. The third-order valence-corrected chi connectivity index (χ3v) is 4.62. The molecule has 0 saturated heterocycles. The SMILES string of the molecule is O=C(NCc1ccc2c(c1)CCN2C(=O)c1ccc(F)cc1)c1cnccn1. The molecule has 2 amide bonds. The lowest BCUT2D eigenvalue weighted by molar-refractivity contribution is 0.0944. The van der Waals surface area contributed by atoms with E-state index in [0.717, 1.165) is 23.2 Å². The quantitative estimate of drug-likeness (QED) is 0.760. The van der Waals surface area contributed by atoms with Crippen LogP contribution in [0.15, 0.2) is 61.1 Å². The second-order valence-electron chi connectivity index (χ2n) is 6.45. The molecule has 4 rings (SSSR count). The maximum atomic E-state index is 13.1. The van der Waals surface area contributed by atoms with Gasteiger partial charge in [-0.2, -0.15) is 0 Å². The fourth-order valence-electron chi connectivity index (χ4n) is 3.21. The highest BCUT2D eigenvalue weighted by atomic mass is 19.1. The largest absolute Gasteiger partial charge is 0.347 e. The van der Waals surface area contributed by atoms with Gasteiger partial charge in [0.2, 0.25) is 0 Å². The zero-order valence-corrected chi connectivity index (χ0v) is 14.9.